The largest absolute Gasteiger partial charge is 0.497 e. The summed E-state index contributed by atoms with van der Waals surface area (Å²) >= 11 is 0. The molecule has 2 amide bonds. The summed E-state index contributed by atoms with van der Waals surface area (Å²) in [5, 5.41) is 3.26. The molecule has 3 aliphatic rings. The maximum atomic E-state index is 12.8. The molecule has 2 saturated heterocycles. The molecule has 152 valence electrons. The number of carbonyl (C=O) groups is 2. The van der Waals surface area contributed by atoms with Gasteiger partial charge in [-0.15, -0.1) is 0 Å². The van der Waals surface area contributed by atoms with Crippen molar-refractivity contribution in [1.82, 2.24) is 15.1 Å². The lowest BCUT2D eigenvalue weighted by atomic mass is 9.91. The average Bonchev–Trinajstić information content (AvgIpc) is 3.50. The first-order valence-corrected chi connectivity index (χ1v) is 10.5. The van der Waals surface area contributed by atoms with E-state index in [0.717, 1.165) is 50.1 Å². The third kappa shape index (κ3) is 4.17. The molecule has 3 fully saturated rings. The van der Waals surface area contributed by atoms with Crippen LogP contribution in [0, 0.1) is 17.8 Å². The van der Waals surface area contributed by atoms with Gasteiger partial charge in [-0.25, -0.2) is 0 Å². The number of likely N-dealkylation sites (tertiary alicyclic amines) is 2. The minimum Gasteiger partial charge on any atom is -0.497 e. The van der Waals surface area contributed by atoms with E-state index in [2.05, 4.69) is 17.3 Å². The second-order valence-electron chi connectivity index (χ2n) is 8.61. The summed E-state index contributed by atoms with van der Waals surface area (Å²) in [5.41, 5.74) is 1.13. The van der Waals surface area contributed by atoms with Crippen LogP contribution in [-0.4, -0.2) is 62.0 Å². The number of nitrogens with one attached hydrogen (secondary N) is 1. The molecule has 28 heavy (non-hydrogen) atoms. The Labute approximate surface area is 167 Å². The highest BCUT2D eigenvalue weighted by atomic mass is 16.5. The Morgan fingerprint density at radius 2 is 1.68 bits per heavy atom. The molecular formula is C22H31N3O3. The molecule has 1 saturated carbocycles. The van der Waals surface area contributed by atoms with Gasteiger partial charge < -0.3 is 19.9 Å². The van der Waals surface area contributed by atoms with Crippen LogP contribution in [0.3, 0.4) is 0 Å². The topological polar surface area (TPSA) is 61.9 Å². The maximum Gasteiger partial charge on any atom is 0.227 e. The third-order valence-corrected chi connectivity index (χ3v) is 6.50. The van der Waals surface area contributed by atoms with Crippen LogP contribution in [0.2, 0.25) is 0 Å². The quantitative estimate of drug-likeness (QED) is 0.814. The number of piperidine rings is 1. The fourth-order valence-corrected chi connectivity index (χ4v) is 4.32. The lowest BCUT2D eigenvalue weighted by Crippen LogP contribution is -2.58. The Balaban J connectivity index is 1.29. The van der Waals surface area contributed by atoms with Crippen LogP contribution in [0.5, 0.6) is 5.75 Å². The first kappa shape index (κ1) is 19.2. The summed E-state index contributed by atoms with van der Waals surface area (Å²) in [5.74, 6) is 1.74. The Bertz CT molecular complexity index is 702. The fraction of sp³-hybridized carbons (Fsp3) is 0.636. The van der Waals surface area contributed by atoms with Crippen molar-refractivity contribution in [2.75, 3.05) is 40.3 Å². The first-order valence-electron chi connectivity index (χ1n) is 10.5. The molecule has 0 unspecified atom stereocenters. The van der Waals surface area contributed by atoms with E-state index in [1.54, 1.807) is 7.11 Å². The second-order valence-corrected chi connectivity index (χ2v) is 8.61. The van der Waals surface area contributed by atoms with Gasteiger partial charge in [0.05, 0.1) is 19.1 Å². The molecular weight excluding hydrogens is 354 g/mol. The van der Waals surface area contributed by atoms with Crippen molar-refractivity contribution in [2.24, 2.45) is 17.8 Å². The molecule has 6 heteroatoms. The van der Waals surface area contributed by atoms with Crippen molar-refractivity contribution >= 4 is 11.8 Å². The fourth-order valence-electron chi connectivity index (χ4n) is 4.32. The van der Waals surface area contributed by atoms with Crippen molar-refractivity contribution in [3.8, 4) is 5.75 Å². The lowest BCUT2D eigenvalue weighted by molar-refractivity contribution is -0.147. The van der Waals surface area contributed by atoms with Crippen LogP contribution in [-0.2, 0) is 9.59 Å². The average molecular weight is 386 g/mol. The summed E-state index contributed by atoms with van der Waals surface area (Å²) in [4.78, 5) is 29.6. The van der Waals surface area contributed by atoms with Gasteiger partial charge in [-0.2, -0.15) is 0 Å². The molecule has 0 aromatic heterocycles. The predicted octanol–water partition coefficient (Wildman–Crippen LogP) is 2.06. The summed E-state index contributed by atoms with van der Waals surface area (Å²) in [6.07, 6.45) is 4.18. The van der Waals surface area contributed by atoms with Crippen LogP contribution in [0.25, 0.3) is 0 Å². The van der Waals surface area contributed by atoms with E-state index < -0.39 is 0 Å². The normalized spacial score (nSPS) is 22.4. The number of methoxy groups -OCH3 is 1. The molecule has 1 aliphatic carbocycles. The van der Waals surface area contributed by atoms with E-state index in [9.17, 15) is 9.59 Å². The second kappa shape index (κ2) is 8.11. The van der Waals surface area contributed by atoms with Crippen LogP contribution in [0.15, 0.2) is 24.3 Å². The van der Waals surface area contributed by atoms with Gasteiger partial charge in [-0.1, -0.05) is 12.1 Å². The van der Waals surface area contributed by atoms with Gasteiger partial charge >= 0.3 is 0 Å². The Morgan fingerprint density at radius 1 is 1.04 bits per heavy atom. The van der Waals surface area contributed by atoms with Crippen molar-refractivity contribution in [3.05, 3.63) is 29.8 Å². The smallest absolute Gasteiger partial charge is 0.227 e. The summed E-state index contributed by atoms with van der Waals surface area (Å²) in [7, 11) is 3.76. The van der Waals surface area contributed by atoms with Crippen LogP contribution < -0.4 is 10.1 Å². The molecule has 0 spiro atoms. The number of amides is 2. The molecule has 1 atom stereocenters. The highest BCUT2D eigenvalue weighted by molar-refractivity contribution is 5.85. The summed E-state index contributed by atoms with van der Waals surface area (Å²) in [6, 6.07) is 8.04. The SMILES string of the molecule is COc1ccc([C@@H](NC(=O)C2CN(C(=O)C3CCN(C)CC3)C2)C2CC2)cc1. The highest BCUT2D eigenvalue weighted by Gasteiger charge is 2.41. The third-order valence-electron chi connectivity index (χ3n) is 6.50. The molecule has 1 N–H and O–H groups in total. The summed E-state index contributed by atoms with van der Waals surface area (Å²) in [6.45, 7) is 3.10. The minimum absolute atomic E-state index is 0.0667. The zero-order valence-electron chi connectivity index (χ0n) is 16.9. The van der Waals surface area contributed by atoms with E-state index >= 15 is 0 Å². The Kier molecular flexibility index (Phi) is 5.58. The van der Waals surface area contributed by atoms with Gasteiger partial charge in [0.15, 0.2) is 0 Å². The monoisotopic (exact) mass is 385 g/mol. The maximum absolute atomic E-state index is 12.8. The van der Waals surface area contributed by atoms with Crippen molar-refractivity contribution in [1.29, 1.82) is 0 Å². The van der Waals surface area contributed by atoms with E-state index in [-0.39, 0.29) is 29.7 Å². The molecule has 0 radical (unpaired) electrons. The number of carbonyl (C=O) groups excluding carboxylic acids is 2. The van der Waals surface area contributed by atoms with Crippen molar-refractivity contribution in [3.63, 3.8) is 0 Å². The molecule has 1 aromatic carbocycles. The predicted molar refractivity (Wildman–Crippen MR) is 107 cm³/mol. The number of benzene rings is 1. The molecule has 2 heterocycles. The zero-order chi connectivity index (χ0) is 19.7. The Hall–Kier alpha value is -2.08. The van der Waals surface area contributed by atoms with Crippen LogP contribution in [0.4, 0.5) is 0 Å². The molecule has 0 bridgehead atoms. The number of hydrogen-bond acceptors (Lipinski definition) is 4. The van der Waals surface area contributed by atoms with E-state index in [4.69, 9.17) is 4.74 Å². The van der Waals surface area contributed by atoms with E-state index in [1.165, 1.54) is 0 Å². The minimum atomic E-state index is -0.0743. The van der Waals surface area contributed by atoms with Gasteiger partial charge in [0.1, 0.15) is 5.75 Å². The molecule has 4 rings (SSSR count). The molecule has 2 aliphatic heterocycles. The number of rotatable bonds is 6. The summed E-state index contributed by atoms with van der Waals surface area (Å²) < 4.78 is 5.23. The Morgan fingerprint density at radius 3 is 2.25 bits per heavy atom. The van der Waals surface area contributed by atoms with Crippen LogP contribution in [0.1, 0.15) is 37.3 Å². The van der Waals surface area contributed by atoms with Gasteiger partial charge in [0.25, 0.3) is 0 Å². The van der Waals surface area contributed by atoms with E-state index in [0.29, 0.717) is 19.0 Å². The molecule has 6 nitrogen and oxygen atoms in total. The standard InChI is InChI=1S/C22H31N3O3/c1-24-11-9-17(10-12-24)22(27)25-13-18(14-25)21(26)23-20(15-3-4-15)16-5-7-19(28-2)8-6-16/h5-8,15,17-18,20H,3-4,9-14H2,1-2H3,(H,23,26)/t20-/m0/s1. The number of nitrogens with zero attached hydrogens (tertiary/aromatic N) is 2. The van der Waals surface area contributed by atoms with Crippen LogP contribution >= 0.6 is 0 Å². The van der Waals surface area contributed by atoms with Gasteiger partial charge in [-0.05, 0) is 69.4 Å². The zero-order valence-corrected chi connectivity index (χ0v) is 16.9. The van der Waals surface area contributed by atoms with E-state index in [1.807, 2.05) is 29.2 Å². The first-order chi connectivity index (χ1) is 13.5. The highest BCUT2D eigenvalue weighted by Crippen LogP contribution is 2.41. The van der Waals surface area contributed by atoms with Gasteiger partial charge in [-0.3, -0.25) is 9.59 Å². The number of ether oxygens (including phenoxy) is 1. The lowest BCUT2D eigenvalue weighted by Gasteiger charge is -2.42. The van der Waals surface area contributed by atoms with Crippen molar-refractivity contribution in [2.45, 2.75) is 31.7 Å². The van der Waals surface area contributed by atoms with Gasteiger partial charge in [0, 0.05) is 19.0 Å². The number of hydrogen-bond donors (Lipinski definition) is 1. The van der Waals surface area contributed by atoms with Gasteiger partial charge in [0.2, 0.25) is 11.8 Å². The van der Waals surface area contributed by atoms with Crippen molar-refractivity contribution < 1.29 is 14.3 Å². The molecule has 1 aromatic rings.